The maximum Gasteiger partial charge on any atom is 0.311 e. The van der Waals surface area contributed by atoms with Crippen molar-refractivity contribution in [3.05, 3.63) is 23.3 Å². The number of benzene rings is 1. The number of hydrogen-bond acceptors (Lipinski definition) is 6. The van der Waals surface area contributed by atoms with E-state index in [1.54, 1.807) is 14.2 Å². The molecule has 33 heavy (non-hydrogen) atoms. The molecule has 7 heteroatoms. The molecule has 0 N–H and O–H groups in total. The van der Waals surface area contributed by atoms with E-state index in [0.29, 0.717) is 5.92 Å². The van der Waals surface area contributed by atoms with Crippen LogP contribution in [-0.2, 0) is 27.2 Å². The number of nitrogens with zero attached hydrogens (tertiary/aromatic N) is 1. The molecule has 7 atom stereocenters. The molecule has 1 aromatic carbocycles. The summed E-state index contributed by atoms with van der Waals surface area (Å²) in [6, 6.07) is 4.18. The summed E-state index contributed by atoms with van der Waals surface area (Å²) >= 11 is 0. The molecule has 5 aliphatic rings. The molecule has 4 fully saturated rings. The fourth-order valence-corrected chi connectivity index (χ4v) is 7.82. The predicted octanol–water partition coefficient (Wildman–Crippen LogP) is 4.01. The van der Waals surface area contributed by atoms with Crippen LogP contribution >= 0.6 is 12.4 Å². The largest absolute Gasteiger partial charge is 0.493 e. The van der Waals surface area contributed by atoms with Crippen molar-refractivity contribution in [1.29, 1.82) is 0 Å². The SMILES string of the molecule is COc1cc2c(cc1OC)CN(CC1C(=O)O[C@@H]3C[C@@]4(C)CCC[C@H](C)[C@@]45O[C@H]5[C@H]13)CC2.Cl. The van der Waals surface area contributed by atoms with Gasteiger partial charge in [-0.05, 0) is 54.9 Å². The highest BCUT2D eigenvalue weighted by atomic mass is 35.5. The Hall–Kier alpha value is -1.50. The van der Waals surface area contributed by atoms with E-state index in [1.807, 2.05) is 0 Å². The zero-order valence-electron chi connectivity index (χ0n) is 20.1. The zero-order chi connectivity index (χ0) is 22.3. The molecule has 0 radical (unpaired) electrons. The van der Waals surface area contributed by atoms with E-state index in [4.69, 9.17) is 18.9 Å². The van der Waals surface area contributed by atoms with Crippen LogP contribution in [0.15, 0.2) is 12.1 Å². The minimum atomic E-state index is -0.0928. The molecule has 2 saturated carbocycles. The molecule has 2 aliphatic carbocycles. The summed E-state index contributed by atoms with van der Waals surface area (Å²) in [4.78, 5) is 15.5. The lowest BCUT2D eigenvalue weighted by atomic mass is 9.53. The van der Waals surface area contributed by atoms with Gasteiger partial charge >= 0.3 is 5.97 Å². The summed E-state index contributed by atoms with van der Waals surface area (Å²) in [6.07, 6.45) is 5.78. The summed E-state index contributed by atoms with van der Waals surface area (Å²) in [5.74, 6) is 2.20. The van der Waals surface area contributed by atoms with E-state index in [0.717, 1.165) is 44.0 Å². The molecule has 6 rings (SSSR count). The summed E-state index contributed by atoms with van der Waals surface area (Å²) in [5, 5.41) is 0. The third kappa shape index (κ3) is 3.24. The highest BCUT2D eigenvalue weighted by Gasteiger charge is 2.78. The predicted molar refractivity (Wildman–Crippen MR) is 126 cm³/mol. The first kappa shape index (κ1) is 23.3. The van der Waals surface area contributed by atoms with Gasteiger partial charge in [-0.2, -0.15) is 0 Å². The van der Waals surface area contributed by atoms with Crippen LogP contribution in [-0.4, -0.2) is 56.0 Å². The van der Waals surface area contributed by atoms with Crippen LogP contribution in [0.4, 0.5) is 0 Å². The fraction of sp³-hybridized carbons (Fsp3) is 0.731. The number of fused-ring (bicyclic) bond motifs is 3. The number of esters is 1. The second-order valence-corrected chi connectivity index (χ2v) is 11.0. The molecule has 182 valence electrons. The van der Waals surface area contributed by atoms with Crippen molar-refractivity contribution in [2.45, 2.75) is 70.3 Å². The van der Waals surface area contributed by atoms with E-state index in [1.165, 1.54) is 30.4 Å². The minimum absolute atomic E-state index is 0. The van der Waals surface area contributed by atoms with Crippen LogP contribution in [0.2, 0.25) is 0 Å². The molecule has 3 heterocycles. The van der Waals surface area contributed by atoms with Crippen LogP contribution in [0.5, 0.6) is 11.5 Å². The van der Waals surface area contributed by atoms with Crippen LogP contribution in [0.1, 0.15) is 50.7 Å². The van der Waals surface area contributed by atoms with Gasteiger partial charge in [-0.25, -0.2) is 0 Å². The molecule has 3 aliphatic heterocycles. The first-order valence-corrected chi connectivity index (χ1v) is 12.2. The maximum atomic E-state index is 13.1. The van der Waals surface area contributed by atoms with Crippen molar-refractivity contribution in [2.75, 3.05) is 27.3 Å². The number of ether oxygens (including phenoxy) is 4. The second kappa shape index (κ2) is 8.03. The highest BCUT2D eigenvalue weighted by Crippen LogP contribution is 2.70. The standard InChI is InChI=1S/C26H35NO5.ClH/c1-15-6-5-8-25(2)12-21-22(23-26(15,25)32-23)18(24(28)31-21)14-27-9-7-16-10-19(29-3)20(30-4)11-17(16)13-27;/h10-11,15,18,21-23H,5-9,12-14H2,1-4H3;1H/t15-,18?,21+,22+,23-,25+,26-;/m0./s1. The summed E-state index contributed by atoms with van der Waals surface area (Å²) in [5.41, 5.74) is 2.68. The van der Waals surface area contributed by atoms with Gasteiger partial charge < -0.3 is 18.9 Å². The molecule has 0 bridgehead atoms. The smallest absolute Gasteiger partial charge is 0.311 e. The first-order chi connectivity index (χ1) is 15.4. The molecule has 6 nitrogen and oxygen atoms in total. The summed E-state index contributed by atoms with van der Waals surface area (Å²) in [7, 11) is 3.35. The van der Waals surface area contributed by atoms with Crippen LogP contribution in [0.25, 0.3) is 0 Å². The van der Waals surface area contributed by atoms with Gasteiger partial charge in [0.25, 0.3) is 0 Å². The first-order valence-electron chi connectivity index (χ1n) is 12.2. The molecular formula is C26H36ClNO5. The summed E-state index contributed by atoms with van der Waals surface area (Å²) in [6.45, 7) is 7.24. The fourth-order valence-electron chi connectivity index (χ4n) is 7.82. The molecule has 1 unspecified atom stereocenters. The lowest BCUT2D eigenvalue weighted by Gasteiger charge is -2.49. The lowest BCUT2D eigenvalue weighted by molar-refractivity contribution is -0.146. The van der Waals surface area contributed by atoms with Gasteiger partial charge in [0.05, 0.1) is 26.2 Å². The number of rotatable bonds is 4. The van der Waals surface area contributed by atoms with Gasteiger partial charge in [0.15, 0.2) is 11.5 Å². The summed E-state index contributed by atoms with van der Waals surface area (Å²) < 4.78 is 23.6. The number of hydrogen-bond donors (Lipinski definition) is 0. The van der Waals surface area contributed by atoms with Gasteiger partial charge in [-0.3, -0.25) is 9.69 Å². The zero-order valence-corrected chi connectivity index (χ0v) is 20.9. The average Bonchev–Trinajstić information content (AvgIpc) is 3.47. The van der Waals surface area contributed by atoms with E-state index in [2.05, 4.69) is 30.9 Å². The second-order valence-electron chi connectivity index (χ2n) is 11.0. The highest BCUT2D eigenvalue weighted by molar-refractivity contribution is 5.85. The van der Waals surface area contributed by atoms with Crippen LogP contribution in [0, 0.1) is 23.2 Å². The number of epoxide rings is 1. The molecule has 1 spiro atoms. The van der Waals surface area contributed by atoms with Gasteiger partial charge in [0.1, 0.15) is 11.7 Å². The van der Waals surface area contributed by atoms with Gasteiger partial charge in [-0.15, -0.1) is 12.4 Å². The normalized spacial score (nSPS) is 41.0. The van der Waals surface area contributed by atoms with Crippen molar-refractivity contribution in [3.8, 4) is 11.5 Å². The topological polar surface area (TPSA) is 60.5 Å². The lowest BCUT2D eigenvalue weighted by Crippen LogP contribution is -2.54. The van der Waals surface area contributed by atoms with E-state index >= 15 is 0 Å². The number of methoxy groups -OCH3 is 2. The Kier molecular flexibility index (Phi) is 5.66. The Morgan fingerprint density at radius 2 is 1.91 bits per heavy atom. The van der Waals surface area contributed by atoms with Crippen molar-refractivity contribution in [2.24, 2.45) is 23.2 Å². The third-order valence-electron chi connectivity index (χ3n) is 9.45. The molecule has 2 saturated heterocycles. The maximum absolute atomic E-state index is 13.1. The minimum Gasteiger partial charge on any atom is -0.493 e. The monoisotopic (exact) mass is 477 g/mol. The van der Waals surface area contributed by atoms with Crippen LogP contribution < -0.4 is 9.47 Å². The van der Waals surface area contributed by atoms with Crippen molar-refractivity contribution >= 4 is 18.4 Å². The average molecular weight is 478 g/mol. The number of carbonyl (C=O) groups excluding carboxylic acids is 1. The Morgan fingerprint density at radius 3 is 2.64 bits per heavy atom. The van der Waals surface area contributed by atoms with E-state index in [9.17, 15) is 4.79 Å². The van der Waals surface area contributed by atoms with Crippen molar-refractivity contribution in [1.82, 2.24) is 4.90 Å². The Balaban J connectivity index is 0.00000228. The Labute approximate surface area is 202 Å². The third-order valence-corrected chi connectivity index (χ3v) is 9.45. The van der Waals surface area contributed by atoms with E-state index in [-0.39, 0.29) is 53.4 Å². The van der Waals surface area contributed by atoms with Gasteiger partial charge in [0, 0.05) is 31.0 Å². The van der Waals surface area contributed by atoms with Gasteiger partial charge in [-0.1, -0.05) is 20.3 Å². The molecular weight excluding hydrogens is 442 g/mol. The van der Waals surface area contributed by atoms with Crippen molar-refractivity contribution < 1.29 is 23.7 Å². The van der Waals surface area contributed by atoms with Gasteiger partial charge in [0.2, 0.25) is 0 Å². The van der Waals surface area contributed by atoms with Crippen molar-refractivity contribution in [3.63, 3.8) is 0 Å². The Bertz CT molecular complexity index is 955. The Morgan fingerprint density at radius 1 is 1.18 bits per heavy atom. The number of carbonyl (C=O) groups is 1. The molecule has 1 aromatic rings. The molecule has 0 aromatic heterocycles. The molecule has 0 amide bonds. The van der Waals surface area contributed by atoms with Crippen LogP contribution in [0.3, 0.4) is 0 Å². The van der Waals surface area contributed by atoms with E-state index < -0.39 is 0 Å². The number of halogens is 1. The quantitative estimate of drug-likeness (QED) is 0.482.